The van der Waals surface area contributed by atoms with Gasteiger partial charge in [0.05, 0.1) is 17.8 Å². The molecule has 3 aromatic rings. The number of likely N-dealkylation sites (N-methyl/N-ethyl adjacent to an activating group) is 1. The fraction of sp³-hybridized carbons (Fsp3) is 0.529. The van der Waals surface area contributed by atoms with Gasteiger partial charge in [-0.15, -0.1) is 0 Å². The van der Waals surface area contributed by atoms with Crippen LogP contribution in [0.1, 0.15) is 131 Å². The number of methoxy groups -OCH3 is 1. The van der Waals surface area contributed by atoms with E-state index in [1.54, 1.807) is 52.2 Å². The number of rotatable bonds is 12. The van der Waals surface area contributed by atoms with Crippen molar-refractivity contribution in [3.8, 4) is 28.3 Å². The van der Waals surface area contributed by atoms with Gasteiger partial charge in [-0.1, -0.05) is 131 Å². The number of anilines is 1. The Morgan fingerprint density at radius 3 is 2.14 bits per heavy atom. The molecule has 10 nitrogen and oxygen atoms in total. The second kappa shape index (κ2) is 31.2. The third-order valence-electron chi connectivity index (χ3n) is 10.6. The number of aryl methyl sites for hydroxylation is 1. The molecule has 12 heteroatoms. The average Bonchev–Trinajstić information content (AvgIpc) is 3.80. The Morgan fingerprint density at radius 2 is 1.62 bits per heavy atom. The number of pyridine rings is 1. The fourth-order valence-corrected chi connectivity index (χ4v) is 6.63. The van der Waals surface area contributed by atoms with Crippen LogP contribution in [0.3, 0.4) is 0 Å². The van der Waals surface area contributed by atoms with Crippen molar-refractivity contribution in [2.45, 2.75) is 134 Å². The molecular weight excluding hydrogens is 817 g/mol. The standard InChI is InChI=1S/C30H28ClFN4O3.C8H18.C6H13NO.C3H8O.2C2H6/c1-16-24(33-28(37)22-15-35(3)17(2)36(4)30(22)38)13-12-23(32)26(16)21-11-7-10-20(27(21)31)25-14-18-8-6-9-19(18)29(34-25)39-5;1-4-6-7-8(3)5-2;1-4-5(2)6(8)7-3;1-2-3-4;2*1-2/h7,10-15H,2,6,8-9H2,1,3-5H3,(H,33,37);8H,4-7H2,1-3H3;5H,4H2,1-3H3,(H,7,8);4H,2-3H2,1H3;2*1-2H3. The molecule has 0 bridgehead atoms. The van der Waals surface area contributed by atoms with Crippen LogP contribution in [-0.2, 0) is 27.2 Å². The van der Waals surface area contributed by atoms with E-state index in [4.69, 9.17) is 26.4 Å². The molecule has 352 valence electrons. The van der Waals surface area contributed by atoms with E-state index in [1.165, 1.54) is 54.5 Å². The molecule has 5 rings (SSSR count). The molecule has 2 aliphatic rings. The van der Waals surface area contributed by atoms with Crippen LogP contribution < -0.4 is 15.4 Å². The molecule has 2 aromatic carbocycles. The Morgan fingerprint density at radius 1 is 1.00 bits per heavy atom. The summed E-state index contributed by atoms with van der Waals surface area (Å²) in [6, 6.07) is 10.1. The van der Waals surface area contributed by atoms with E-state index in [0.717, 1.165) is 43.6 Å². The molecule has 1 aliphatic heterocycles. The SMILES string of the molecule is C=C1N(C)C=C(C(=O)Nc2ccc(F)c(-c3cccc(-c4cc5c(c(OC)n4)CCC5)c3Cl)c2C)C(=O)N1C.CC.CC.CCC(C)C(=O)NC.CCCCC(C)CC.CCCO. The molecule has 2 atom stereocenters. The lowest BCUT2D eigenvalue weighted by Gasteiger charge is -2.31. The van der Waals surface area contributed by atoms with Crippen molar-refractivity contribution in [2.75, 3.05) is 40.2 Å². The summed E-state index contributed by atoms with van der Waals surface area (Å²) in [6.07, 6.45) is 11.7. The number of halogens is 2. The number of amides is 3. The van der Waals surface area contributed by atoms with Gasteiger partial charge in [-0.2, -0.15) is 0 Å². The van der Waals surface area contributed by atoms with E-state index in [2.05, 4.69) is 38.0 Å². The van der Waals surface area contributed by atoms with Gasteiger partial charge < -0.3 is 25.4 Å². The number of hydrogen-bond donors (Lipinski definition) is 3. The highest BCUT2D eigenvalue weighted by Crippen LogP contribution is 2.42. The zero-order valence-electron chi connectivity index (χ0n) is 41.2. The van der Waals surface area contributed by atoms with Gasteiger partial charge >= 0.3 is 0 Å². The van der Waals surface area contributed by atoms with Crippen molar-refractivity contribution in [3.63, 3.8) is 0 Å². The van der Waals surface area contributed by atoms with E-state index in [1.807, 2.05) is 60.6 Å². The first-order valence-corrected chi connectivity index (χ1v) is 23.1. The molecule has 0 saturated heterocycles. The first kappa shape index (κ1) is 58.3. The topological polar surface area (TPSA) is 124 Å². The zero-order chi connectivity index (χ0) is 48.4. The van der Waals surface area contributed by atoms with Gasteiger partial charge in [-0.3, -0.25) is 19.3 Å². The quantitative estimate of drug-likeness (QED) is 0.155. The lowest BCUT2D eigenvalue weighted by Crippen LogP contribution is -2.41. The number of fused-ring (bicyclic) bond motifs is 1. The number of carbonyl (C=O) groups excluding carboxylic acids is 3. The predicted molar refractivity (Wildman–Crippen MR) is 262 cm³/mol. The molecule has 0 spiro atoms. The smallest absolute Gasteiger partial charge is 0.266 e. The Bertz CT molecular complexity index is 1930. The average molecular weight is 897 g/mol. The van der Waals surface area contributed by atoms with Crippen molar-refractivity contribution in [3.05, 3.63) is 88.1 Å². The molecule has 0 radical (unpaired) electrons. The van der Waals surface area contributed by atoms with Crippen LogP contribution in [-0.4, -0.2) is 72.5 Å². The normalized spacial score (nSPS) is 13.3. The lowest BCUT2D eigenvalue weighted by molar-refractivity contribution is -0.128. The van der Waals surface area contributed by atoms with Crippen molar-refractivity contribution >= 4 is 35.0 Å². The maximum atomic E-state index is 15.3. The summed E-state index contributed by atoms with van der Waals surface area (Å²) in [5, 5.41) is 13.6. The van der Waals surface area contributed by atoms with Crippen LogP contribution in [0.2, 0.25) is 5.02 Å². The van der Waals surface area contributed by atoms with E-state index < -0.39 is 17.6 Å². The van der Waals surface area contributed by atoms with Gasteiger partial charge in [0.2, 0.25) is 11.8 Å². The highest BCUT2D eigenvalue weighted by Gasteiger charge is 2.30. The van der Waals surface area contributed by atoms with Gasteiger partial charge in [-0.05, 0) is 74.3 Å². The summed E-state index contributed by atoms with van der Waals surface area (Å²) in [5.41, 5.74) is 5.08. The van der Waals surface area contributed by atoms with Crippen LogP contribution in [0, 0.1) is 24.6 Å². The number of nitrogens with zero attached hydrogens (tertiary/aromatic N) is 3. The largest absolute Gasteiger partial charge is 0.481 e. The summed E-state index contributed by atoms with van der Waals surface area (Å²) in [5.74, 6) is 0.696. The third-order valence-corrected chi connectivity index (χ3v) is 11.0. The second-order valence-corrected chi connectivity index (χ2v) is 15.3. The number of nitrogens with one attached hydrogen (secondary N) is 2. The van der Waals surface area contributed by atoms with Crippen LogP contribution in [0.15, 0.2) is 60.6 Å². The van der Waals surface area contributed by atoms with E-state index >= 15 is 4.39 Å². The Labute approximate surface area is 384 Å². The van der Waals surface area contributed by atoms with Crippen molar-refractivity contribution in [1.29, 1.82) is 0 Å². The molecule has 0 saturated carbocycles. The zero-order valence-corrected chi connectivity index (χ0v) is 41.9. The molecule has 1 aromatic heterocycles. The molecule has 2 heterocycles. The number of aliphatic hydroxyl groups excluding tert-OH is 1. The molecule has 63 heavy (non-hydrogen) atoms. The number of aliphatic hydroxyl groups is 1. The minimum atomic E-state index is -0.610. The Hall–Kier alpha value is -4.74. The third kappa shape index (κ3) is 17.1. The van der Waals surface area contributed by atoms with Crippen LogP contribution in [0.25, 0.3) is 22.4 Å². The lowest BCUT2D eigenvalue weighted by atomic mass is 9.95. The first-order valence-electron chi connectivity index (χ1n) is 22.8. The molecular formula is C51H79ClFN5O5. The van der Waals surface area contributed by atoms with Crippen molar-refractivity contribution in [1.82, 2.24) is 20.1 Å². The van der Waals surface area contributed by atoms with Gasteiger partial charge in [0.25, 0.3) is 11.8 Å². The maximum absolute atomic E-state index is 15.3. The summed E-state index contributed by atoms with van der Waals surface area (Å²) >= 11 is 6.91. The van der Waals surface area contributed by atoms with Crippen LogP contribution >= 0.6 is 11.6 Å². The number of aromatic nitrogens is 1. The first-order chi connectivity index (χ1) is 30.1. The Kier molecular flexibility index (Phi) is 28.8. The fourth-order valence-electron chi connectivity index (χ4n) is 6.31. The number of benzene rings is 2. The van der Waals surface area contributed by atoms with E-state index in [0.29, 0.717) is 51.4 Å². The van der Waals surface area contributed by atoms with Crippen molar-refractivity contribution < 1.29 is 28.6 Å². The van der Waals surface area contributed by atoms with E-state index in [-0.39, 0.29) is 23.0 Å². The number of ether oxygens (including phenoxy) is 1. The number of hydrogen-bond acceptors (Lipinski definition) is 7. The molecule has 3 amide bonds. The second-order valence-electron chi connectivity index (χ2n) is 15.0. The predicted octanol–water partition coefficient (Wildman–Crippen LogP) is 12.2. The summed E-state index contributed by atoms with van der Waals surface area (Å²) in [7, 11) is 6.50. The minimum Gasteiger partial charge on any atom is -0.481 e. The summed E-state index contributed by atoms with van der Waals surface area (Å²) < 4.78 is 20.9. The van der Waals surface area contributed by atoms with Crippen molar-refractivity contribution in [2.24, 2.45) is 11.8 Å². The maximum Gasteiger partial charge on any atom is 0.266 e. The highest BCUT2D eigenvalue weighted by molar-refractivity contribution is 6.36. The van der Waals surface area contributed by atoms with Gasteiger partial charge in [0.15, 0.2) is 0 Å². The molecule has 3 N–H and O–H groups in total. The van der Waals surface area contributed by atoms with Gasteiger partial charge in [0.1, 0.15) is 17.2 Å². The number of unbranched alkanes of at least 4 members (excludes halogenated alkanes) is 1. The molecule has 1 aliphatic carbocycles. The number of carbonyl (C=O) groups is 3. The molecule has 2 unspecified atom stereocenters. The van der Waals surface area contributed by atoms with Crippen LogP contribution in [0.4, 0.5) is 10.1 Å². The highest BCUT2D eigenvalue weighted by atomic mass is 35.5. The molecule has 0 fully saturated rings. The Balaban J connectivity index is 0.00000132. The van der Waals surface area contributed by atoms with Gasteiger partial charge in [0, 0.05) is 67.8 Å². The van der Waals surface area contributed by atoms with E-state index in [9.17, 15) is 14.4 Å². The van der Waals surface area contributed by atoms with Gasteiger partial charge in [-0.25, -0.2) is 9.37 Å². The minimum absolute atomic E-state index is 0.0608. The summed E-state index contributed by atoms with van der Waals surface area (Å²) in [4.78, 5) is 44.0. The van der Waals surface area contributed by atoms with Crippen LogP contribution in [0.5, 0.6) is 5.88 Å². The summed E-state index contributed by atoms with van der Waals surface area (Å²) in [6.45, 7) is 26.5. The monoisotopic (exact) mass is 896 g/mol.